The minimum atomic E-state index is -0.202. The number of carbonyl (C=O) groups excluding carboxylic acids is 1. The third-order valence-corrected chi connectivity index (χ3v) is 4.57. The zero-order valence-electron chi connectivity index (χ0n) is 13.9. The molecule has 1 amide bonds. The van der Waals surface area contributed by atoms with Crippen LogP contribution in [0.2, 0.25) is 5.15 Å². The van der Waals surface area contributed by atoms with Crippen molar-refractivity contribution in [2.24, 2.45) is 0 Å². The monoisotopic (exact) mass is 373 g/mol. The SMILES string of the molecule is Cc1cc(Nc2ncc(C(=O)Nc3c(C)cncc3C)s2)cc(Cl)n1. The molecule has 0 fully saturated rings. The summed E-state index contributed by atoms with van der Waals surface area (Å²) < 4.78 is 0. The van der Waals surface area contributed by atoms with Crippen molar-refractivity contribution >= 4 is 45.4 Å². The lowest BCUT2D eigenvalue weighted by atomic mass is 10.2. The first kappa shape index (κ1) is 17.3. The first-order chi connectivity index (χ1) is 11.9. The smallest absolute Gasteiger partial charge is 0.267 e. The number of nitrogens with one attached hydrogen (secondary N) is 2. The van der Waals surface area contributed by atoms with Crippen LogP contribution < -0.4 is 10.6 Å². The van der Waals surface area contributed by atoms with Gasteiger partial charge in [0.05, 0.1) is 6.20 Å². The average Bonchev–Trinajstić information content (AvgIpc) is 2.98. The molecular weight excluding hydrogens is 358 g/mol. The van der Waals surface area contributed by atoms with Gasteiger partial charge in [-0.1, -0.05) is 22.9 Å². The third kappa shape index (κ3) is 4.12. The van der Waals surface area contributed by atoms with Crippen LogP contribution in [-0.4, -0.2) is 20.9 Å². The number of hydrogen-bond acceptors (Lipinski definition) is 6. The van der Waals surface area contributed by atoms with E-state index in [4.69, 9.17) is 11.6 Å². The van der Waals surface area contributed by atoms with Crippen LogP contribution in [0.4, 0.5) is 16.5 Å². The maximum Gasteiger partial charge on any atom is 0.267 e. The number of rotatable bonds is 4. The molecule has 0 atom stereocenters. The largest absolute Gasteiger partial charge is 0.331 e. The molecule has 0 aliphatic rings. The van der Waals surface area contributed by atoms with Gasteiger partial charge in [-0.3, -0.25) is 9.78 Å². The highest BCUT2D eigenvalue weighted by Crippen LogP contribution is 2.26. The molecule has 2 N–H and O–H groups in total. The molecule has 3 aromatic heterocycles. The number of aryl methyl sites for hydroxylation is 3. The van der Waals surface area contributed by atoms with Gasteiger partial charge in [0, 0.05) is 29.5 Å². The Morgan fingerprint density at radius 2 is 1.84 bits per heavy atom. The zero-order valence-corrected chi connectivity index (χ0v) is 15.5. The lowest BCUT2D eigenvalue weighted by molar-refractivity contribution is 0.103. The summed E-state index contributed by atoms with van der Waals surface area (Å²) in [5.41, 5.74) is 4.18. The van der Waals surface area contributed by atoms with Crippen LogP contribution in [0.25, 0.3) is 0 Å². The minimum Gasteiger partial charge on any atom is -0.331 e. The van der Waals surface area contributed by atoms with E-state index in [-0.39, 0.29) is 5.91 Å². The Labute approximate surface area is 154 Å². The van der Waals surface area contributed by atoms with Gasteiger partial charge in [0.25, 0.3) is 5.91 Å². The minimum absolute atomic E-state index is 0.202. The van der Waals surface area contributed by atoms with Crippen molar-refractivity contribution in [2.75, 3.05) is 10.6 Å². The van der Waals surface area contributed by atoms with E-state index in [0.717, 1.165) is 28.2 Å². The number of nitrogens with zero attached hydrogens (tertiary/aromatic N) is 3. The summed E-state index contributed by atoms with van der Waals surface area (Å²) in [4.78, 5) is 25.4. The van der Waals surface area contributed by atoms with Crippen molar-refractivity contribution in [2.45, 2.75) is 20.8 Å². The number of halogens is 1. The summed E-state index contributed by atoms with van der Waals surface area (Å²) in [5, 5.41) is 7.07. The van der Waals surface area contributed by atoms with Gasteiger partial charge >= 0.3 is 0 Å². The molecule has 3 aromatic rings. The fourth-order valence-electron chi connectivity index (χ4n) is 2.33. The number of carbonyl (C=O) groups is 1. The van der Waals surface area contributed by atoms with E-state index in [9.17, 15) is 4.79 Å². The fourth-order valence-corrected chi connectivity index (χ4v) is 3.32. The molecule has 0 aliphatic carbocycles. The van der Waals surface area contributed by atoms with Crippen molar-refractivity contribution in [3.05, 3.63) is 57.6 Å². The van der Waals surface area contributed by atoms with Gasteiger partial charge in [-0.15, -0.1) is 0 Å². The number of aromatic nitrogens is 3. The molecule has 0 aromatic carbocycles. The second-order valence-corrected chi connectivity index (χ2v) is 6.99. The van der Waals surface area contributed by atoms with Crippen LogP contribution in [0.15, 0.2) is 30.7 Å². The second kappa shape index (κ2) is 7.16. The van der Waals surface area contributed by atoms with E-state index in [2.05, 4.69) is 25.6 Å². The first-order valence-electron chi connectivity index (χ1n) is 7.52. The van der Waals surface area contributed by atoms with Crippen LogP contribution in [0, 0.1) is 20.8 Å². The molecule has 0 saturated heterocycles. The first-order valence-corrected chi connectivity index (χ1v) is 8.71. The molecule has 0 aliphatic heterocycles. The summed E-state index contributed by atoms with van der Waals surface area (Å²) in [5.74, 6) is -0.202. The van der Waals surface area contributed by atoms with E-state index < -0.39 is 0 Å². The Kier molecular flexibility index (Phi) is 4.96. The van der Waals surface area contributed by atoms with E-state index in [1.54, 1.807) is 24.7 Å². The average molecular weight is 374 g/mol. The lowest BCUT2D eigenvalue weighted by Gasteiger charge is -2.09. The van der Waals surface area contributed by atoms with E-state index in [0.29, 0.717) is 15.2 Å². The topological polar surface area (TPSA) is 79.8 Å². The molecule has 0 saturated carbocycles. The lowest BCUT2D eigenvalue weighted by Crippen LogP contribution is -2.12. The molecule has 6 nitrogen and oxygen atoms in total. The third-order valence-electron chi connectivity index (χ3n) is 3.47. The van der Waals surface area contributed by atoms with Crippen LogP contribution >= 0.6 is 22.9 Å². The Balaban J connectivity index is 1.75. The van der Waals surface area contributed by atoms with Gasteiger partial charge in [0.1, 0.15) is 10.0 Å². The summed E-state index contributed by atoms with van der Waals surface area (Å²) in [7, 11) is 0. The highest BCUT2D eigenvalue weighted by molar-refractivity contribution is 7.17. The number of hydrogen-bond donors (Lipinski definition) is 2. The van der Waals surface area contributed by atoms with Crippen LogP contribution in [-0.2, 0) is 0 Å². The quantitative estimate of drug-likeness (QED) is 0.658. The van der Waals surface area contributed by atoms with Gasteiger partial charge in [-0.2, -0.15) is 0 Å². The summed E-state index contributed by atoms with van der Waals surface area (Å²) in [6.07, 6.45) is 4.99. The van der Waals surface area contributed by atoms with Crippen molar-refractivity contribution in [3.63, 3.8) is 0 Å². The summed E-state index contributed by atoms with van der Waals surface area (Å²) >= 11 is 7.22. The maximum atomic E-state index is 12.5. The highest BCUT2D eigenvalue weighted by atomic mass is 35.5. The molecule has 128 valence electrons. The molecular formula is C17H16ClN5OS. The Morgan fingerprint density at radius 1 is 1.12 bits per heavy atom. The normalized spacial score (nSPS) is 10.6. The van der Waals surface area contributed by atoms with Crippen molar-refractivity contribution in [1.82, 2.24) is 15.0 Å². The van der Waals surface area contributed by atoms with Crippen molar-refractivity contribution in [3.8, 4) is 0 Å². The molecule has 0 radical (unpaired) electrons. The number of amides is 1. The maximum absolute atomic E-state index is 12.5. The van der Waals surface area contributed by atoms with Gasteiger partial charge in [0.15, 0.2) is 5.13 Å². The van der Waals surface area contributed by atoms with Gasteiger partial charge in [-0.05, 0) is 44.0 Å². The van der Waals surface area contributed by atoms with E-state index in [1.165, 1.54) is 11.3 Å². The van der Waals surface area contributed by atoms with Crippen molar-refractivity contribution < 1.29 is 4.79 Å². The highest BCUT2D eigenvalue weighted by Gasteiger charge is 2.14. The van der Waals surface area contributed by atoms with Gasteiger partial charge in [0.2, 0.25) is 0 Å². The number of pyridine rings is 2. The predicted molar refractivity (Wildman–Crippen MR) is 101 cm³/mol. The second-order valence-electron chi connectivity index (χ2n) is 5.58. The van der Waals surface area contributed by atoms with E-state index >= 15 is 0 Å². The van der Waals surface area contributed by atoms with Crippen molar-refractivity contribution in [1.29, 1.82) is 0 Å². The predicted octanol–water partition coefficient (Wildman–Crippen LogP) is 4.51. The number of anilines is 3. The van der Waals surface area contributed by atoms with Crippen LogP contribution in [0.3, 0.4) is 0 Å². The summed E-state index contributed by atoms with van der Waals surface area (Å²) in [6.45, 7) is 5.67. The van der Waals surface area contributed by atoms with Gasteiger partial charge in [-0.25, -0.2) is 9.97 Å². The fraction of sp³-hybridized carbons (Fsp3) is 0.176. The summed E-state index contributed by atoms with van der Waals surface area (Å²) in [6, 6.07) is 3.57. The molecule has 25 heavy (non-hydrogen) atoms. The van der Waals surface area contributed by atoms with Crippen LogP contribution in [0.1, 0.15) is 26.5 Å². The van der Waals surface area contributed by atoms with E-state index in [1.807, 2.05) is 26.8 Å². The number of thiazole rings is 1. The van der Waals surface area contributed by atoms with Gasteiger partial charge < -0.3 is 10.6 Å². The Bertz CT molecular complexity index is 900. The molecule has 0 spiro atoms. The Morgan fingerprint density at radius 3 is 2.52 bits per heavy atom. The molecule has 3 rings (SSSR count). The zero-order chi connectivity index (χ0) is 18.0. The molecule has 0 bridgehead atoms. The molecule has 8 heteroatoms. The Hall–Kier alpha value is -2.51. The molecule has 0 unspecified atom stereocenters. The molecule has 3 heterocycles. The standard InChI is InChI=1S/C17H16ClN5OS/c1-9-6-19-7-10(2)15(9)23-16(24)13-8-20-17(25-13)22-12-4-11(3)21-14(18)5-12/h4-8H,1-3H3,(H,19,23,24)(H,20,21,22). The van der Waals surface area contributed by atoms with Crippen LogP contribution in [0.5, 0.6) is 0 Å².